The molecule has 0 spiro atoms. The Labute approximate surface area is 99.0 Å². The van der Waals surface area contributed by atoms with Crippen molar-refractivity contribution in [2.45, 2.75) is 52.8 Å². The highest BCUT2D eigenvalue weighted by molar-refractivity contribution is 5.28. The number of hydrogen-bond acceptors (Lipinski definition) is 2. The van der Waals surface area contributed by atoms with E-state index < -0.39 is 0 Å². The predicted molar refractivity (Wildman–Crippen MR) is 68.8 cm³/mol. The van der Waals surface area contributed by atoms with Crippen molar-refractivity contribution in [1.29, 1.82) is 0 Å². The highest BCUT2D eigenvalue weighted by atomic mass is 16.5. The number of nitrogens with one attached hydrogen (secondary N) is 1. The maximum absolute atomic E-state index is 5.66. The first-order valence-corrected chi connectivity index (χ1v) is 6.10. The van der Waals surface area contributed by atoms with Gasteiger partial charge in [0.05, 0.1) is 6.10 Å². The van der Waals surface area contributed by atoms with E-state index in [4.69, 9.17) is 4.74 Å². The summed E-state index contributed by atoms with van der Waals surface area (Å²) in [5.41, 5.74) is 1.28. The van der Waals surface area contributed by atoms with Gasteiger partial charge in [-0.25, -0.2) is 0 Å². The molecule has 1 rings (SSSR count). The monoisotopic (exact) mass is 221 g/mol. The summed E-state index contributed by atoms with van der Waals surface area (Å²) in [6.07, 6.45) is 1.39. The summed E-state index contributed by atoms with van der Waals surface area (Å²) in [6.45, 7) is 9.39. The van der Waals surface area contributed by atoms with E-state index in [9.17, 15) is 0 Å². The van der Waals surface area contributed by atoms with Crippen LogP contribution in [-0.4, -0.2) is 12.1 Å². The number of ether oxygens (including phenoxy) is 1. The lowest BCUT2D eigenvalue weighted by Gasteiger charge is -2.13. The van der Waals surface area contributed by atoms with Crippen LogP contribution in [0.5, 0.6) is 5.75 Å². The molecule has 0 aliphatic heterocycles. The summed E-state index contributed by atoms with van der Waals surface area (Å²) < 4.78 is 5.66. The Balaban J connectivity index is 2.53. The van der Waals surface area contributed by atoms with E-state index in [1.165, 1.54) is 5.56 Å². The first kappa shape index (κ1) is 13.0. The molecule has 1 N–H and O–H groups in total. The van der Waals surface area contributed by atoms with Crippen LogP contribution in [0.2, 0.25) is 0 Å². The van der Waals surface area contributed by atoms with Crippen LogP contribution >= 0.6 is 0 Å². The summed E-state index contributed by atoms with van der Waals surface area (Å²) in [6, 6.07) is 8.85. The lowest BCUT2D eigenvalue weighted by molar-refractivity contribution is 0.242. The molecule has 2 heteroatoms. The maximum Gasteiger partial charge on any atom is 0.120 e. The molecule has 0 amide bonds. The van der Waals surface area contributed by atoms with E-state index in [0.717, 1.165) is 18.7 Å². The molecule has 90 valence electrons. The summed E-state index contributed by atoms with van der Waals surface area (Å²) in [7, 11) is 0. The molecule has 0 unspecified atom stereocenters. The van der Waals surface area contributed by atoms with Crippen LogP contribution in [-0.2, 0) is 6.54 Å². The first-order valence-electron chi connectivity index (χ1n) is 6.10. The molecule has 0 fully saturated rings. The van der Waals surface area contributed by atoms with Gasteiger partial charge in [0.2, 0.25) is 0 Å². The van der Waals surface area contributed by atoms with Crippen LogP contribution < -0.4 is 10.1 Å². The van der Waals surface area contributed by atoms with Crippen LogP contribution in [0.4, 0.5) is 0 Å². The fourth-order valence-corrected chi connectivity index (χ4v) is 1.44. The number of hydrogen-bond donors (Lipinski definition) is 1. The van der Waals surface area contributed by atoms with Gasteiger partial charge in [-0.1, -0.05) is 19.1 Å². The third-order valence-electron chi connectivity index (χ3n) is 2.54. The molecule has 1 aromatic rings. The molecule has 0 aromatic heterocycles. The Kier molecular flexibility index (Phi) is 5.33. The van der Waals surface area contributed by atoms with E-state index in [-0.39, 0.29) is 6.10 Å². The highest BCUT2D eigenvalue weighted by Crippen LogP contribution is 2.14. The zero-order chi connectivity index (χ0) is 12.0. The van der Waals surface area contributed by atoms with Crippen LogP contribution in [0, 0.1) is 0 Å². The van der Waals surface area contributed by atoms with E-state index in [1.807, 2.05) is 26.0 Å². The largest absolute Gasteiger partial charge is 0.491 e. The SMILES string of the molecule is CC[C@@H](C)NCc1cccc(OC(C)C)c1. The van der Waals surface area contributed by atoms with Gasteiger partial charge in [0.1, 0.15) is 5.75 Å². The molecule has 0 saturated carbocycles. The van der Waals surface area contributed by atoms with Gasteiger partial charge in [0, 0.05) is 12.6 Å². The van der Waals surface area contributed by atoms with Gasteiger partial charge in [-0.05, 0) is 44.9 Å². The quantitative estimate of drug-likeness (QED) is 0.795. The minimum Gasteiger partial charge on any atom is -0.491 e. The van der Waals surface area contributed by atoms with E-state index >= 15 is 0 Å². The highest BCUT2D eigenvalue weighted by Gasteiger charge is 2.01. The minimum absolute atomic E-state index is 0.234. The van der Waals surface area contributed by atoms with Crippen molar-refractivity contribution < 1.29 is 4.74 Å². The van der Waals surface area contributed by atoms with Crippen LogP contribution in [0.15, 0.2) is 24.3 Å². The predicted octanol–water partition coefficient (Wildman–Crippen LogP) is 3.36. The normalized spacial score (nSPS) is 12.8. The Morgan fingerprint density at radius 1 is 1.25 bits per heavy atom. The van der Waals surface area contributed by atoms with Gasteiger partial charge in [-0.15, -0.1) is 0 Å². The van der Waals surface area contributed by atoms with Gasteiger partial charge in [0.15, 0.2) is 0 Å². The third kappa shape index (κ3) is 4.67. The van der Waals surface area contributed by atoms with E-state index in [1.54, 1.807) is 0 Å². The molecular weight excluding hydrogens is 198 g/mol. The van der Waals surface area contributed by atoms with Gasteiger partial charge in [-0.3, -0.25) is 0 Å². The van der Waals surface area contributed by atoms with Crippen molar-refractivity contribution >= 4 is 0 Å². The second kappa shape index (κ2) is 6.54. The van der Waals surface area contributed by atoms with Crippen LogP contribution in [0.25, 0.3) is 0 Å². The summed E-state index contributed by atoms with van der Waals surface area (Å²) in [5, 5.41) is 3.47. The zero-order valence-electron chi connectivity index (χ0n) is 10.8. The Hall–Kier alpha value is -1.02. The van der Waals surface area contributed by atoms with Crippen molar-refractivity contribution in [2.75, 3.05) is 0 Å². The van der Waals surface area contributed by atoms with Crippen molar-refractivity contribution in [2.24, 2.45) is 0 Å². The van der Waals surface area contributed by atoms with Crippen molar-refractivity contribution in [1.82, 2.24) is 5.32 Å². The second-order valence-corrected chi connectivity index (χ2v) is 4.50. The average molecular weight is 221 g/mol. The standard InChI is InChI=1S/C14H23NO/c1-5-12(4)15-10-13-7-6-8-14(9-13)16-11(2)3/h6-9,11-12,15H,5,10H2,1-4H3/t12-/m1/s1. The molecule has 0 saturated heterocycles. The zero-order valence-corrected chi connectivity index (χ0v) is 10.8. The van der Waals surface area contributed by atoms with E-state index in [2.05, 4.69) is 31.3 Å². The molecule has 0 bridgehead atoms. The minimum atomic E-state index is 0.234. The first-order chi connectivity index (χ1) is 7.61. The smallest absolute Gasteiger partial charge is 0.120 e. The molecule has 1 aromatic carbocycles. The Morgan fingerprint density at radius 3 is 2.62 bits per heavy atom. The third-order valence-corrected chi connectivity index (χ3v) is 2.54. The molecular formula is C14H23NO. The molecule has 16 heavy (non-hydrogen) atoms. The maximum atomic E-state index is 5.66. The fraction of sp³-hybridized carbons (Fsp3) is 0.571. The summed E-state index contributed by atoms with van der Waals surface area (Å²) in [5.74, 6) is 0.957. The number of benzene rings is 1. The van der Waals surface area contributed by atoms with Gasteiger partial charge in [0.25, 0.3) is 0 Å². The fourth-order valence-electron chi connectivity index (χ4n) is 1.44. The Morgan fingerprint density at radius 2 is 2.00 bits per heavy atom. The second-order valence-electron chi connectivity index (χ2n) is 4.50. The number of rotatable bonds is 6. The average Bonchev–Trinajstić information content (AvgIpc) is 2.25. The summed E-state index contributed by atoms with van der Waals surface area (Å²) >= 11 is 0. The summed E-state index contributed by atoms with van der Waals surface area (Å²) in [4.78, 5) is 0. The molecule has 1 atom stereocenters. The lowest BCUT2D eigenvalue weighted by atomic mass is 10.2. The van der Waals surface area contributed by atoms with Gasteiger partial charge < -0.3 is 10.1 Å². The molecule has 0 radical (unpaired) electrons. The molecule has 0 aliphatic rings. The molecule has 0 aliphatic carbocycles. The van der Waals surface area contributed by atoms with Crippen molar-refractivity contribution in [3.63, 3.8) is 0 Å². The van der Waals surface area contributed by atoms with Crippen molar-refractivity contribution in [3.8, 4) is 5.75 Å². The Bertz CT molecular complexity index is 309. The topological polar surface area (TPSA) is 21.3 Å². The van der Waals surface area contributed by atoms with Crippen LogP contribution in [0.1, 0.15) is 39.7 Å². The van der Waals surface area contributed by atoms with Gasteiger partial charge in [-0.2, -0.15) is 0 Å². The van der Waals surface area contributed by atoms with Crippen LogP contribution in [0.3, 0.4) is 0 Å². The molecule has 2 nitrogen and oxygen atoms in total. The van der Waals surface area contributed by atoms with Gasteiger partial charge >= 0.3 is 0 Å². The lowest BCUT2D eigenvalue weighted by Crippen LogP contribution is -2.24. The van der Waals surface area contributed by atoms with E-state index in [0.29, 0.717) is 6.04 Å². The molecule has 0 heterocycles. The van der Waals surface area contributed by atoms with Crippen molar-refractivity contribution in [3.05, 3.63) is 29.8 Å².